The summed E-state index contributed by atoms with van der Waals surface area (Å²) in [6.45, 7) is 5.47. The molecule has 0 unspecified atom stereocenters. The van der Waals surface area contributed by atoms with E-state index in [2.05, 4.69) is 11.5 Å². The quantitative estimate of drug-likeness (QED) is 0.629. The molecule has 0 aromatic heterocycles. The maximum Gasteiger partial charge on any atom is 0.433 e. The maximum atomic E-state index is 12.8. The standard InChI is InChI=1S/C22H21N3O2/c1-22(2,3)27-21(26)25(24-19-11-8-16(15-23)9-12-19)20-13-10-17-6-4-5-7-18(17)14-20/h4-14,24H,1-3H3. The van der Waals surface area contributed by atoms with Gasteiger partial charge >= 0.3 is 6.09 Å². The average Bonchev–Trinajstić information content (AvgIpc) is 2.64. The Bertz CT molecular complexity index is 998. The van der Waals surface area contributed by atoms with Gasteiger partial charge in [-0.3, -0.25) is 5.43 Å². The van der Waals surface area contributed by atoms with Gasteiger partial charge in [0, 0.05) is 0 Å². The summed E-state index contributed by atoms with van der Waals surface area (Å²) in [5, 5.41) is 12.4. The maximum absolute atomic E-state index is 12.8. The van der Waals surface area contributed by atoms with Crippen molar-refractivity contribution in [3.63, 3.8) is 0 Å². The third-order valence-corrected chi connectivity index (χ3v) is 3.82. The molecule has 0 heterocycles. The van der Waals surface area contributed by atoms with Crippen LogP contribution in [-0.2, 0) is 4.74 Å². The van der Waals surface area contributed by atoms with Crippen LogP contribution in [0.5, 0.6) is 0 Å². The van der Waals surface area contributed by atoms with E-state index in [1.54, 1.807) is 24.3 Å². The predicted molar refractivity (Wildman–Crippen MR) is 107 cm³/mol. The lowest BCUT2D eigenvalue weighted by Gasteiger charge is -2.28. The van der Waals surface area contributed by atoms with Crippen molar-refractivity contribution < 1.29 is 9.53 Å². The van der Waals surface area contributed by atoms with Crippen LogP contribution in [0.15, 0.2) is 66.7 Å². The number of hydrogen-bond donors (Lipinski definition) is 1. The lowest BCUT2D eigenvalue weighted by atomic mass is 10.1. The van der Waals surface area contributed by atoms with E-state index in [0.717, 1.165) is 10.8 Å². The van der Waals surface area contributed by atoms with Crippen LogP contribution in [0, 0.1) is 11.3 Å². The largest absolute Gasteiger partial charge is 0.442 e. The fourth-order valence-corrected chi connectivity index (χ4v) is 2.59. The summed E-state index contributed by atoms with van der Waals surface area (Å²) in [7, 11) is 0. The molecule has 5 nitrogen and oxygen atoms in total. The zero-order valence-electron chi connectivity index (χ0n) is 15.6. The number of ether oxygens (including phenoxy) is 1. The number of hydrogen-bond acceptors (Lipinski definition) is 4. The Hall–Kier alpha value is -3.52. The van der Waals surface area contributed by atoms with E-state index in [1.165, 1.54) is 5.01 Å². The molecule has 0 fully saturated rings. The number of fused-ring (bicyclic) bond motifs is 1. The Morgan fingerprint density at radius 1 is 1.00 bits per heavy atom. The Labute approximate surface area is 158 Å². The second-order valence-electron chi connectivity index (χ2n) is 7.15. The lowest BCUT2D eigenvalue weighted by Crippen LogP contribution is -2.40. The van der Waals surface area contributed by atoms with Crippen molar-refractivity contribution in [1.29, 1.82) is 5.26 Å². The summed E-state index contributed by atoms with van der Waals surface area (Å²) in [5.74, 6) is 0. The van der Waals surface area contributed by atoms with Crippen molar-refractivity contribution in [2.75, 3.05) is 10.4 Å². The second-order valence-corrected chi connectivity index (χ2v) is 7.15. The van der Waals surface area contributed by atoms with Gasteiger partial charge in [-0.15, -0.1) is 0 Å². The number of benzene rings is 3. The molecular formula is C22H21N3O2. The molecule has 0 aliphatic heterocycles. The van der Waals surface area contributed by atoms with Gasteiger partial charge in [0.05, 0.1) is 23.0 Å². The van der Waals surface area contributed by atoms with Gasteiger partial charge in [-0.2, -0.15) is 10.3 Å². The Kier molecular flexibility index (Phi) is 5.00. The van der Waals surface area contributed by atoms with Crippen LogP contribution in [0.3, 0.4) is 0 Å². The topological polar surface area (TPSA) is 65.4 Å². The molecule has 0 radical (unpaired) electrons. The van der Waals surface area contributed by atoms with Crippen molar-refractivity contribution in [3.05, 3.63) is 72.3 Å². The van der Waals surface area contributed by atoms with Crippen LogP contribution < -0.4 is 10.4 Å². The number of nitriles is 1. The number of rotatable bonds is 3. The third kappa shape index (κ3) is 4.56. The highest BCUT2D eigenvalue weighted by Crippen LogP contribution is 2.25. The number of nitrogens with one attached hydrogen (secondary N) is 1. The first-order chi connectivity index (χ1) is 12.9. The number of amides is 1. The number of carbonyl (C=O) groups excluding carboxylic acids is 1. The van der Waals surface area contributed by atoms with Crippen molar-refractivity contribution in [1.82, 2.24) is 0 Å². The van der Waals surface area contributed by atoms with E-state index in [1.807, 2.05) is 63.2 Å². The molecule has 0 bridgehead atoms. The minimum Gasteiger partial charge on any atom is -0.442 e. The number of hydrazine groups is 1. The minimum absolute atomic E-state index is 0.512. The van der Waals surface area contributed by atoms with Gasteiger partial charge < -0.3 is 4.74 Å². The molecule has 3 aromatic rings. The normalized spacial score (nSPS) is 10.9. The second kappa shape index (κ2) is 7.38. The van der Waals surface area contributed by atoms with Crippen molar-refractivity contribution >= 4 is 28.2 Å². The molecule has 1 amide bonds. The minimum atomic E-state index is -0.626. The molecular weight excluding hydrogens is 338 g/mol. The molecule has 0 saturated carbocycles. The summed E-state index contributed by atoms with van der Waals surface area (Å²) < 4.78 is 5.56. The van der Waals surface area contributed by atoms with Gasteiger partial charge in [-0.1, -0.05) is 30.3 Å². The smallest absolute Gasteiger partial charge is 0.433 e. The first-order valence-corrected chi connectivity index (χ1v) is 8.64. The molecule has 3 aromatic carbocycles. The summed E-state index contributed by atoms with van der Waals surface area (Å²) in [4.78, 5) is 12.8. The highest BCUT2D eigenvalue weighted by atomic mass is 16.6. The SMILES string of the molecule is CC(C)(C)OC(=O)N(Nc1ccc(C#N)cc1)c1ccc2ccccc2c1. The van der Waals surface area contributed by atoms with E-state index in [4.69, 9.17) is 10.00 Å². The molecule has 0 atom stereocenters. The summed E-state index contributed by atoms with van der Waals surface area (Å²) in [6.07, 6.45) is -0.512. The van der Waals surface area contributed by atoms with E-state index < -0.39 is 11.7 Å². The van der Waals surface area contributed by atoms with E-state index in [0.29, 0.717) is 16.9 Å². The zero-order valence-corrected chi connectivity index (χ0v) is 15.6. The first-order valence-electron chi connectivity index (χ1n) is 8.64. The summed E-state index contributed by atoms with van der Waals surface area (Å²) in [5.41, 5.74) is 4.34. The summed E-state index contributed by atoms with van der Waals surface area (Å²) in [6, 6.07) is 22.7. The summed E-state index contributed by atoms with van der Waals surface area (Å²) >= 11 is 0. The Morgan fingerprint density at radius 2 is 1.67 bits per heavy atom. The van der Waals surface area contributed by atoms with Gasteiger partial charge in [-0.05, 0) is 67.9 Å². The van der Waals surface area contributed by atoms with Crippen LogP contribution in [0.4, 0.5) is 16.2 Å². The molecule has 0 aliphatic rings. The van der Waals surface area contributed by atoms with Crippen LogP contribution in [-0.4, -0.2) is 11.7 Å². The highest BCUT2D eigenvalue weighted by molar-refractivity contribution is 5.94. The Balaban J connectivity index is 1.97. The monoisotopic (exact) mass is 359 g/mol. The van der Waals surface area contributed by atoms with Gasteiger partial charge in [0.2, 0.25) is 0 Å². The fraction of sp³-hybridized carbons (Fsp3) is 0.182. The predicted octanol–water partition coefficient (Wildman–Crippen LogP) is 5.48. The molecule has 0 spiro atoms. The van der Waals surface area contributed by atoms with Crippen LogP contribution in [0.25, 0.3) is 10.8 Å². The molecule has 27 heavy (non-hydrogen) atoms. The molecule has 0 aliphatic carbocycles. The van der Waals surface area contributed by atoms with Crippen LogP contribution in [0.2, 0.25) is 0 Å². The van der Waals surface area contributed by atoms with E-state index in [-0.39, 0.29) is 0 Å². The van der Waals surface area contributed by atoms with E-state index in [9.17, 15) is 4.79 Å². The highest BCUT2D eigenvalue weighted by Gasteiger charge is 2.24. The lowest BCUT2D eigenvalue weighted by molar-refractivity contribution is 0.0589. The zero-order chi connectivity index (χ0) is 19.4. The molecule has 0 saturated heterocycles. The van der Waals surface area contributed by atoms with Crippen LogP contribution in [0.1, 0.15) is 26.3 Å². The third-order valence-electron chi connectivity index (χ3n) is 3.82. The molecule has 136 valence electrons. The van der Waals surface area contributed by atoms with Gasteiger partial charge in [-0.25, -0.2) is 4.79 Å². The van der Waals surface area contributed by atoms with Crippen LogP contribution >= 0.6 is 0 Å². The van der Waals surface area contributed by atoms with Gasteiger partial charge in [0.25, 0.3) is 0 Å². The molecule has 5 heteroatoms. The van der Waals surface area contributed by atoms with Crippen molar-refractivity contribution in [2.24, 2.45) is 0 Å². The average molecular weight is 359 g/mol. The van der Waals surface area contributed by atoms with Crippen molar-refractivity contribution in [3.8, 4) is 6.07 Å². The van der Waals surface area contributed by atoms with E-state index >= 15 is 0 Å². The van der Waals surface area contributed by atoms with Gasteiger partial charge in [0.15, 0.2) is 0 Å². The fourth-order valence-electron chi connectivity index (χ4n) is 2.59. The number of nitrogens with zero attached hydrogens (tertiary/aromatic N) is 2. The Morgan fingerprint density at radius 3 is 2.30 bits per heavy atom. The number of carbonyl (C=O) groups is 1. The number of anilines is 2. The first kappa shape index (κ1) is 18.3. The molecule has 3 rings (SSSR count). The molecule has 1 N–H and O–H groups in total. The van der Waals surface area contributed by atoms with Gasteiger partial charge in [0.1, 0.15) is 5.60 Å². The van der Waals surface area contributed by atoms with Crippen molar-refractivity contribution in [2.45, 2.75) is 26.4 Å².